The molecule has 0 bridgehead atoms. The lowest BCUT2D eigenvalue weighted by molar-refractivity contribution is 0.591. The van der Waals surface area contributed by atoms with Gasteiger partial charge in [0.2, 0.25) is 0 Å². The third-order valence-corrected chi connectivity index (χ3v) is 3.55. The Balaban J connectivity index is 2.43. The van der Waals surface area contributed by atoms with Crippen molar-refractivity contribution in [1.82, 2.24) is 4.57 Å². The normalized spacial score (nSPS) is 20.5. The summed E-state index contributed by atoms with van der Waals surface area (Å²) in [6, 6.07) is 0.437. The number of halogens is 1. The molecule has 1 heterocycles. The predicted molar refractivity (Wildman–Crippen MR) is 59.9 cm³/mol. The van der Waals surface area contributed by atoms with Crippen LogP contribution in [-0.2, 0) is 6.42 Å². The van der Waals surface area contributed by atoms with Gasteiger partial charge >= 0.3 is 0 Å². The molecule has 1 aliphatic carbocycles. The first-order valence-corrected chi connectivity index (χ1v) is 5.62. The maximum absolute atomic E-state index is 6.31. The molecule has 1 aliphatic rings. The average Bonchev–Trinajstić information content (AvgIpc) is 2.66. The van der Waals surface area contributed by atoms with E-state index in [0.717, 1.165) is 18.1 Å². The van der Waals surface area contributed by atoms with Crippen LogP contribution in [0.5, 0.6) is 0 Å². The molecule has 78 valence electrons. The Morgan fingerprint density at radius 3 is 2.93 bits per heavy atom. The fourth-order valence-corrected chi connectivity index (χ4v) is 2.70. The van der Waals surface area contributed by atoms with Crippen molar-refractivity contribution < 1.29 is 0 Å². The summed E-state index contributed by atoms with van der Waals surface area (Å²) in [4.78, 5) is 0. The second-order valence-electron chi connectivity index (χ2n) is 4.33. The van der Waals surface area contributed by atoms with Gasteiger partial charge < -0.3 is 10.3 Å². The standard InChI is InChI=1S/C11H17ClN2/c1-7(2)14-6-10-8(5-13)3-4-9(10)11(14)12/h6-8H,3-5,13H2,1-2H3. The van der Waals surface area contributed by atoms with Crippen molar-refractivity contribution in [3.63, 3.8) is 0 Å². The van der Waals surface area contributed by atoms with E-state index < -0.39 is 0 Å². The molecule has 0 aromatic carbocycles. The highest BCUT2D eigenvalue weighted by Gasteiger charge is 2.27. The Morgan fingerprint density at radius 2 is 2.36 bits per heavy atom. The van der Waals surface area contributed by atoms with Gasteiger partial charge in [0.25, 0.3) is 0 Å². The van der Waals surface area contributed by atoms with Crippen molar-refractivity contribution in [3.8, 4) is 0 Å². The number of nitrogens with zero attached hydrogens (tertiary/aromatic N) is 1. The zero-order chi connectivity index (χ0) is 10.3. The van der Waals surface area contributed by atoms with Crippen molar-refractivity contribution in [3.05, 3.63) is 22.5 Å². The molecule has 0 spiro atoms. The smallest absolute Gasteiger partial charge is 0.112 e. The van der Waals surface area contributed by atoms with E-state index in [1.54, 1.807) is 0 Å². The van der Waals surface area contributed by atoms with Gasteiger partial charge in [-0.25, -0.2) is 0 Å². The Kier molecular flexibility index (Phi) is 2.58. The summed E-state index contributed by atoms with van der Waals surface area (Å²) in [7, 11) is 0. The van der Waals surface area contributed by atoms with Gasteiger partial charge in [-0.3, -0.25) is 0 Å². The van der Waals surface area contributed by atoms with Gasteiger partial charge in [-0.2, -0.15) is 0 Å². The summed E-state index contributed by atoms with van der Waals surface area (Å²) in [6.45, 7) is 5.04. The van der Waals surface area contributed by atoms with Crippen LogP contribution in [0.1, 0.15) is 43.4 Å². The summed E-state index contributed by atoms with van der Waals surface area (Å²) >= 11 is 6.31. The summed E-state index contributed by atoms with van der Waals surface area (Å²) in [5.41, 5.74) is 8.44. The highest BCUT2D eigenvalue weighted by atomic mass is 35.5. The van der Waals surface area contributed by atoms with Crippen LogP contribution in [-0.4, -0.2) is 11.1 Å². The molecule has 1 unspecified atom stereocenters. The monoisotopic (exact) mass is 212 g/mol. The molecule has 14 heavy (non-hydrogen) atoms. The zero-order valence-corrected chi connectivity index (χ0v) is 9.51. The number of rotatable bonds is 2. The Labute approximate surface area is 90.0 Å². The number of aromatic nitrogens is 1. The molecule has 0 aliphatic heterocycles. The molecule has 2 rings (SSSR count). The minimum atomic E-state index is 0.437. The highest BCUT2D eigenvalue weighted by Crippen LogP contribution is 2.39. The van der Waals surface area contributed by atoms with Gasteiger partial charge in [0.15, 0.2) is 0 Å². The molecule has 1 aromatic heterocycles. The second kappa shape index (κ2) is 3.59. The fourth-order valence-electron chi connectivity index (χ4n) is 2.25. The van der Waals surface area contributed by atoms with Crippen molar-refractivity contribution in [2.24, 2.45) is 5.73 Å². The largest absolute Gasteiger partial charge is 0.336 e. The van der Waals surface area contributed by atoms with Crippen molar-refractivity contribution >= 4 is 11.6 Å². The molecule has 3 heteroatoms. The lowest BCUT2D eigenvalue weighted by Gasteiger charge is -2.10. The number of hydrogen-bond acceptors (Lipinski definition) is 1. The van der Waals surface area contributed by atoms with E-state index in [1.807, 2.05) is 0 Å². The molecular weight excluding hydrogens is 196 g/mol. The van der Waals surface area contributed by atoms with E-state index in [0.29, 0.717) is 12.0 Å². The van der Waals surface area contributed by atoms with Gasteiger partial charge in [0.1, 0.15) is 5.15 Å². The molecule has 0 fully saturated rings. The molecular formula is C11H17ClN2. The maximum atomic E-state index is 6.31. The third kappa shape index (κ3) is 1.37. The van der Waals surface area contributed by atoms with Gasteiger partial charge in [0, 0.05) is 12.2 Å². The van der Waals surface area contributed by atoms with Crippen LogP contribution in [0.3, 0.4) is 0 Å². The second-order valence-corrected chi connectivity index (χ2v) is 4.68. The average molecular weight is 213 g/mol. The molecule has 1 atom stereocenters. The van der Waals surface area contributed by atoms with E-state index in [2.05, 4.69) is 24.6 Å². The summed E-state index contributed by atoms with van der Waals surface area (Å²) in [5, 5.41) is 0.922. The van der Waals surface area contributed by atoms with Gasteiger partial charge in [-0.05, 0) is 50.3 Å². The van der Waals surface area contributed by atoms with Crippen molar-refractivity contribution in [2.75, 3.05) is 6.54 Å². The fraction of sp³-hybridized carbons (Fsp3) is 0.636. The van der Waals surface area contributed by atoms with Crippen molar-refractivity contribution in [1.29, 1.82) is 0 Å². The van der Waals surface area contributed by atoms with Crippen LogP contribution in [0.25, 0.3) is 0 Å². The van der Waals surface area contributed by atoms with E-state index in [1.165, 1.54) is 17.5 Å². The molecule has 0 amide bonds. The predicted octanol–water partition coefficient (Wildman–Crippen LogP) is 2.71. The van der Waals surface area contributed by atoms with Crippen LogP contribution < -0.4 is 5.73 Å². The Hall–Kier alpha value is -0.470. The van der Waals surface area contributed by atoms with Gasteiger partial charge in [0.05, 0.1) is 0 Å². The highest BCUT2D eigenvalue weighted by molar-refractivity contribution is 6.30. The summed E-state index contributed by atoms with van der Waals surface area (Å²) < 4.78 is 2.15. The van der Waals surface area contributed by atoms with Gasteiger partial charge in [-0.1, -0.05) is 11.6 Å². The quantitative estimate of drug-likeness (QED) is 0.803. The lowest BCUT2D eigenvalue weighted by Crippen LogP contribution is -2.09. The molecule has 0 radical (unpaired) electrons. The Morgan fingerprint density at radius 1 is 1.64 bits per heavy atom. The van der Waals surface area contributed by atoms with E-state index in [-0.39, 0.29) is 0 Å². The summed E-state index contributed by atoms with van der Waals surface area (Å²) in [6.07, 6.45) is 4.45. The molecule has 1 aromatic rings. The molecule has 2 N–H and O–H groups in total. The maximum Gasteiger partial charge on any atom is 0.112 e. The van der Waals surface area contributed by atoms with Crippen LogP contribution in [0, 0.1) is 0 Å². The van der Waals surface area contributed by atoms with Crippen LogP contribution in [0.15, 0.2) is 6.20 Å². The van der Waals surface area contributed by atoms with Gasteiger partial charge in [-0.15, -0.1) is 0 Å². The first-order chi connectivity index (χ1) is 6.65. The Bertz CT molecular complexity index is 341. The minimum absolute atomic E-state index is 0.437. The van der Waals surface area contributed by atoms with E-state index >= 15 is 0 Å². The molecule has 2 nitrogen and oxygen atoms in total. The lowest BCUT2D eigenvalue weighted by atomic mass is 10.1. The number of hydrogen-bond donors (Lipinski definition) is 1. The molecule has 0 saturated carbocycles. The topological polar surface area (TPSA) is 30.9 Å². The first kappa shape index (κ1) is 10.1. The van der Waals surface area contributed by atoms with Crippen molar-refractivity contribution in [2.45, 2.75) is 38.6 Å². The third-order valence-electron chi connectivity index (χ3n) is 3.13. The first-order valence-electron chi connectivity index (χ1n) is 5.24. The number of fused-ring (bicyclic) bond motifs is 1. The molecule has 0 saturated heterocycles. The van der Waals surface area contributed by atoms with E-state index in [9.17, 15) is 0 Å². The van der Waals surface area contributed by atoms with Crippen LogP contribution >= 0.6 is 11.6 Å². The van der Waals surface area contributed by atoms with Crippen LogP contribution in [0.2, 0.25) is 5.15 Å². The SMILES string of the molecule is CC(C)n1cc2c(c1Cl)CCC2CN. The minimum Gasteiger partial charge on any atom is -0.336 e. The number of nitrogens with two attached hydrogens (primary N) is 1. The van der Waals surface area contributed by atoms with Crippen LogP contribution in [0.4, 0.5) is 0 Å². The van der Waals surface area contributed by atoms with E-state index in [4.69, 9.17) is 17.3 Å². The zero-order valence-electron chi connectivity index (χ0n) is 8.76. The summed E-state index contributed by atoms with van der Waals surface area (Å²) in [5.74, 6) is 0.530.